The summed E-state index contributed by atoms with van der Waals surface area (Å²) in [7, 11) is 0. The molecule has 4 heteroatoms. The summed E-state index contributed by atoms with van der Waals surface area (Å²) in [6.07, 6.45) is 1.23. The van der Waals surface area contributed by atoms with E-state index in [2.05, 4.69) is 40.3 Å². The molecular formula is C16H15BrN2O. The number of furan rings is 1. The van der Waals surface area contributed by atoms with Gasteiger partial charge in [0.2, 0.25) is 0 Å². The molecule has 1 heterocycles. The second-order valence-corrected chi connectivity index (χ2v) is 6.19. The fourth-order valence-corrected chi connectivity index (χ4v) is 2.71. The van der Waals surface area contributed by atoms with E-state index in [1.54, 1.807) is 6.07 Å². The van der Waals surface area contributed by atoms with Crippen molar-refractivity contribution in [1.82, 2.24) is 0 Å². The first-order valence-electron chi connectivity index (χ1n) is 6.69. The standard InChI is InChI=1S/C16H15BrN2O/c1-10-6-14(10)16-5-4-13(20-16)9-19-15-7-12(17)3-2-11(15)8-18/h2-5,7,10,14,19H,6,9H2,1H3. The second kappa shape index (κ2) is 5.34. The fraction of sp³-hybridized carbons (Fsp3) is 0.312. The van der Waals surface area contributed by atoms with E-state index in [0.717, 1.165) is 27.6 Å². The molecule has 0 bridgehead atoms. The number of hydrogen-bond donors (Lipinski definition) is 1. The monoisotopic (exact) mass is 330 g/mol. The van der Waals surface area contributed by atoms with Crippen LogP contribution >= 0.6 is 15.9 Å². The Bertz CT molecular complexity index is 671. The van der Waals surface area contributed by atoms with Gasteiger partial charge in [-0.3, -0.25) is 0 Å². The summed E-state index contributed by atoms with van der Waals surface area (Å²) < 4.78 is 6.80. The molecule has 2 unspecified atom stereocenters. The summed E-state index contributed by atoms with van der Waals surface area (Å²) in [6, 6.07) is 11.8. The van der Waals surface area contributed by atoms with Gasteiger partial charge in [0.25, 0.3) is 0 Å². The van der Waals surface area contributed by atoms with Gasteiger partial charge >= 0.3 is 0 Å². The number of halogens is 1. The Kier molecular flexibility index (Phi) is 3.54. The summed E-state index contributed by atoms with van der Waals surface area (Å²) in [5.74, 6) is 3.34. The highest BCUT2D eigenvalue weighted by Gasteiger charge is 2.36. The average molecular weight is 331 g/mol. The van der Waals surface area contributed by atoms with Crippen LogP contribution in [0.3, 0.4) is 0 Å². The third-order valence-electron chi connectivity index (χ3n) is 3.71. The van der Waals surface area contributed by atoms with E-state index in [1.807, 2.05) is 18.2 Å². The minimum absolute atomic E-state index is 0.590. The van der Waals surface area contributed by atoms with Crippen molar-refractivity contribution in [3.63, 3.8) is 0 Å². The van der Waals surface area contributed by atoms with Crippen molar-refractivity contribution in [3.05, 3.63) is 51.9 Å². The van der Waals surface area contributed by atoms with Crippen molar-refractivity contribution in [2.75, 3.05) is 5.32 Å². The maximum absolute atomic E-state index is 9.09. The van der Waals surface area contributed by atoms with Gasteiger partial charge in [-0.2, -0.15) is 5.26 Å². The molecule has 1 saturated carbocycles. The molecule has 102 valence electrons. The SMILES string of the molecule is CC1CC1c1ccc(CNc2cc(Br)ccc2C#N)o1. The van der Waals surface area contributed by atoms with Crippen LogP contribution in [0.1, 0.15) is 36.3 Å². The highest BCUT2D eigenvalue weighted by molar-refractivity contribution is 9.10. The zero-order valence-electron chi connectivity index (χ0n) is 11.2. The van der Waals surface area contributed by atoms with Crippen LogP contribution in [0.4, 0.5) is 5.69 Å². The van der Waals surface area contributed by atoms with E-state index in [4.69, 9.17) is 9.68 Å². The number of nitrogens with zero attached hydrogens (tertiary/aromatic N) is 1. The van der Waals surface area contributed by atoms with Gasteiger partial charge in [0.15, 0.2) is 0 Å². The molecule has 0 spiro atoms. The van der Waals surface area contributed by atoms with E-state index >= 15 is 0 Å². The molecular weight excluding hydrogens is 316 g/mol. The number of rotatable bonds is 4. The van der Waals surface area contributed by atoms with Crippen LogP contribution in [0.5, 0.6) is 0 Å². The van der Waals surface area contributed by atoms with Crippen molar-refractivity contribution < 1.29 is 4.42 Å². The van der Waals surface area contributed by atoms with E-state index in [9.17, 15) is 0 Å². The van der Waals surface area contributed by atoms with Crippen LogP contribution in [-0.2, 0) is 6.54 Å². The minimum atomic E-state index is 0.590. The number of hydrogen-bond acceptors (Lipinski definition) is 3. The Morgan fingerprint density at radius 2 is 2.20 bits per heavy atom. The van der Waals surface area contributed by atoms with Crippen molar-refractivity contribution >= 4 is 21.6 Å². The first-order valence-corrected chi connectivity index (χ1v) is 7.49. The zero-order chi connectivity index (χ0) is 14.1. The summed E-state index contributed by atoms with van der Waals surface area (Å²) in [5, 5.41) is 12.4. The predicted molar refractivity (Wildman–Crippen MR) is 81.4 cm³/mol. The highest BCUT2D eigenvalue weighted by Crippen LogP contribution is 2.47. The molecule has 1 fully saturated rings. The quantitative estimate of drug-likeness (QED) is 0.887. The first kappa shape index (κ1) is 13.3. The third kappa shape index (κ3) is 2.73. The molecule has 1 aliphatic carbocycles. The lowest BCUT2D eigenvalue weighted by Crippen LogP contribution is -2.00. The molecule has 3 nitrogen and oxygen atoms in total. The maximum Gasteiger partial charge on any atom is 0.123 e. The van der Waals surface area contributed by atoms with E-state index < -0.39 is 0 Å². The van der Waals surface area contributed by atoms with Crippen LogP contribution in [0, 0.1) is 17.2 Å². The number of nitrogens with one attached hydrogen (secondary N) is 1. The van der Waals surface area contributed by atoms with Crippen molar-refractivity contribution in [1.29, 1.82) is 5.26 Å². The van der Waals surface area contributed by atoms with Gasteiger partial charge < -0.3 is 9.73 Å². The van der Waals surface area contributed by atoms with E-state index in [1.165, 1.54) is 6.42 Å². The lowest BCUT2D eigenvalue weighted by atomic mass is 10.2. The van der Waals surface area contributed by atoms with E-state index in [-0.39, 0.29) is 0 Å². The molecule has 0 radical (unpaired) electrons. The Morgan fingerprint density at radius 1 is 1.40 bits per heavy atom. The molecule has 0 amide bonds. The fourth-order valence-electron chi connectivity index (χ4n) is 2.35. The molecule has 3 rings (SSSR count). The van der Waals surface area contributed by atoms with Crippen LogP contribution in [0.15, 0.2) is 39.2 Å². The Labute approximate surface area is 126 Å². The Morgan fingerprint density at radius 3 is 2.90 bits per heavy atom. The largest absolute Gasteiger partial charge is 0.464 e. The maximum atomic E-state index is 9.09. The zero-order valence-corrected chi connectivity index (χ0v) is 12.8. The van der Waals surface area contributed by atoms with Crippen LogP contribution in [0.25, 0.3) is 0 Å². The van der Waals surface area contributed by atoms with Crippen molar-refractivity contribution in [2.45, 2.75) is 25.8 Å². The first-order chi connectivity index (χ1) is 9.67. The van der Waals surface area contributed by atoms with Crippen LogP contribution in [-0.4, -0.2) is 0 Å². The molecule has 0 saturated heterocycles. The molecule has 1 N–H and O–H groups in total. The lowest BCUT2D eigenvalue weighted by molar-refractivity contribution is 0.468. The smallest absolute Gasteiger partial charge is 0.123 e. The summed E-state index contributed by atoms with van der Waals surface area (Å²) >= 11 is 3.42. The topological polar surface area (TPSA) is 49.0 Å². The molecule has 2 aromatic rings. The van der Waals surface area contributed by atoms with Gasteiger partial charge in [0.05, 0.1) is 17.8 Å². The molecule has 2 atom stereocenters. The number of benzene rings is 1. The Hall–Kier alpha value is -1.73. The number of nitriles is 1. The molecule has 1 aliphatic rings. The third-order valence-corrected chi connectivity index (χ3v) is 4.21. The average Bonchev–Trinajstić information content (AvgIpc) is 3.00. The van der Waals surface area contributed by atoms with Gasteiger partial charge in [-0.15, -0.1) is 0 Å². The lowest BCUT2D eigenvalue weighted by Gasteiger charge is -2.07. The summed E-state index contributed by atoms with van der Waals surface area (Å²) in [6.45, 7) is 2.83. The van der Waals surface area contributed by atoms with Gasteiger partial charge in [-0.05, 0) is 42.7 Å². The van der Waals surface area contributed by atoms with Crippen molar-refractivity contribution in [3.8, 4) is 6.07 Å². The van der Waals surface area contributed by atoms with E-state index in [0.29, 0.717) is 18.0 Å². The minimum Gasteiger partial charge on any atom is -0.464 e. The molecule has 20 heavy (non-hydrogen) atoms. The second-order valence-electron chi connectivity index (χ2n) is 5.28. The molecule has 0 aliphatic heterocycles. The van der Waals surface area contributed by atoms with Crippen LogP contribution in [0.2, 0.25) is 0 Å². The molecule has 1 aromatic heterocycles. The predicted octanol–water partition coefficient (Wildman–Crippen LogP) is 4.65. The van der Waals surface area contributed by atoms with Gasteiger partial charge in [-0.25, -0.2) is 0 Å². The van der Waals surface area contributed by atoms with Crippen molar-refractivity contribution in [2.24, 2.45) is 5.92 Å². The number of anilines is 1. The van der Waals surface area contributed by atoms with Gasteiger partial charge in [-0.1, -0.05) is 22.9 Å². The summed E-state index contributed by atoms with van der Waals surface area (Å²) in [5.41, 5.74) is 1.45. The molecule has 1 aromatic carbocycles. The van der Waals surface area contributed by atoms with Gasteiger partial charge in [0.1, 0.15) is 17.6 Å². The van der Waals surface area contributed by atoms with Crippen LogP contribution < -0.4 is 5.32 Å². The highest BCUT2D eigenvalue weighted by atomic mass is 79.9. The normalized spacial score (nSPS) is 20.4. The van der Waals surface area contributed by atoms with Gasteiger partial charge in [0, 0.05) is 10.4 Å². The Balaban J connectivity index is 1.69. The summed E-state index contributed by atoms with van der Waals surface area (Å²) in [4.78, 5) is 0.